The molecular formula is C19H22N2O3. The molecule has 1 fully saturated rings. The summed E-state index contributed by atoms with van der Waals surface area (Å²) in [7, 11) is 0. The Morgan fingerprint density at radius 3 is 2.42 bits per heavy atom. The first kappa shape index (κ1) is 16.2. The van der Waals surface area contributed by atoms with Gasteiger partial charge in [-0.25, -0.2) is 0 Å². The molecule has 1 amide bonds. The molecule has 0 unspecified atom stereocenters. The number of anilines is 1. The Hall–Kier alpha value is -2.69. The lowest BCUT2D eigenvalue weighted by Gasteiger charge is -2.36. The number of hydrogen-bond acceptors (Lipinski definition) is 4. The summed E-state index contributed by atoms with van der Waals surface area (Å²) >= 11 is 0. The number of ether oxygens (including phenoxy) is 1. The van der Waals surface area contributed by atoms with E-state index in [0.717, 1.165) is 5.69 Å². The Bertz CT molecular complexity index is 709. The average Bonchev–Trinajstić information content (AvgIpc) is 2.63. The fraction of sp³-hybridized carbons (Fsp3) is 0.316. The Labute approximate surface area is 142 Å². The Morgan fingerprint density at radius 1 is 1.04 bits per heavy atom. The van der Waals surface area contributed by atoms with Crippen molar-refractivity contribution < 1.29 is 14.6 Å². The van der Waals surface area contributed by atoms with Crippen LogP contribution >= 0.6 is 0 Å². The van der Waals surface area contributed by atoms with Crippen LogP contribution in [0.25, 0.3) is 0 Å². The molecule has 0 atom stereocenters. The molecule has 24 heavy (non-hydrogen) atoms. The topological polar surface area (TPSA) is 53.0 Å². The number of nitrogens with zero attached hydrogens (tertiary/aromatic N) is 2. The molecule has 1 aliphatic heterocycles. The van der Waals surface area contributed by atoms with Crippen molar-refractivity contribution in [3.05, 3.63) is 54.1 Å². The van der Waals surface area contributed by atoms with Crippen molar-refractivity contribution in [3.63, 3.8) is 0 Å². The SMILES string of the molecule is CCOc1ccccc1C(=O)N1CCN(c2ccccc2O)CC1. The number of carbonyl (C=O) groups excluding carboxylic acids is 1. The third-order valence-electron chi connectivity index (χ3n) is 4.21. The standard InChI is InChI=1S/C19H22N2O3/c1-2-24-18-10-6-3-7-15(18)19(23)21-13-11-20(12-14-21)16-8-4-5-9-17(16)22/h3-10,22H,2,11-14H2,1H3. The molecule has 3 rings (SSSR count). The summed E-state index contributed by atoms with van der Waals surface area (Å²) < 4.78 is 5.56. The first-order chi connectivity index (χ1) is 11.7. The molecule has 1 aliphatic rings. The Kier molecular flexibility index (Phi) is 4.89. The number of benzene rings is 2. The Balaban J connectivity index is 1.69. The lowest BCUT2D eigenvalue weighted by molar-refractivity contribution is 0.0742. The third kappa shape index (κ3) is 3.30. The van der Waals surface area contributed by atoms with E-state index in [9.17, 15) is 9.90 Å². The second kappa shape index (κ2) is 7.25. The summed E-state index contributed by atoms with van der Waals surface area (Å²) in [5, 5.41) is 9.97. The quantitative estimate of drug-likeness (QED) is 0.939. The van der Waals surface area contributed by atoms with Gasteiger partial charge in [0.1, 0.15) is 11.5 Å². The molecular weight excluding hydrogens is 304 g/mol. The summed E-state index contributed by atoms with van der Waals surface area (Å²) in [4.78, 5) is 16.7. The highest BCUT2D eigenvalue weighted by molar-refractivity contribution is 5.97. The number of phenolic OH excluding ortho intramolecular Hbond substituents is 1. The summed E-state index contributed by atoms with van der Waals surface area (Å²) in [6.07, 6.45) is 0. The molecule has 126 valence electrons. The van der Waals surface area contributed by atoms with Crippen molar-refractivity contribution >= 4 is 11.6 Å². The van der Waals surface area contributed by atoms with Gasteiger partial charge in [-0.15, -0.1) is 0 Å². The number of hydrogen-bond donors (Lipinski definition) is 1. The highest BCUT2D eigenvalue weighted by Gasteiger charge is 2.25. The minimum Gasteiger partial charge on any atom is -0.506 e. The molecule has 0 spiro atoms. The van der Waals surface area contributed by atoms with E-state index in [0.29, 0.717) is 44.1 Å². The van der Waals surface area contributed by atoms with Crippen LogP contribution in [0.2, 0.25) is 0 Å². The van der Waals surface area contributed by atoms with E-state index in [1.165, 1.54) is 0 Å². The second-order valence-electron chi connectivity index (χ2n) is 5.70. The number of aromatic hydroxyl groups is 1. The molecule has 5 nitrogen and oxygen atoms in total. The normalized spacial score (nSPS) is 14.5. The number of para-hydroxylation sites is 3. The van der Waals surface area contributed by atoms with E-state index < -0.39 is 0 Å². The van der Waals surface area contributed by atoms with Crippen molar-refractivity contribution in [1.29, 1.82) is 0 Å². The van der Waals surface area contributed by atoms with E-state index in [1.807, 2.05) is 54.3 Å². The van der Waals surface area contributed by atoms with Gasteiger partial charge in [0.15, 0.2) is 0 Å². The number of rotatable bonds is 4. The van der Waals surface area contributed by atoms with Crippen LogP contribution in [0.5, 0.6) is 11.5 Å². The fourth-order valence-corrected chi connectivity index (χ4v) is 2.98. The number of carbonyl (C=O) groups is 1. The molecule has 5 heteroatoms. The average molecular weight is 326 g/mol. The Morgan fingerprint density at radius 2 is 1.71 bits per heavy atom. The number of amides is 1. The third-order valence-corrected chi connectivity index (χ3v) is 4.21. The molecule has 0 aromatic heterocycles. The van der Waals surface area contributed by atoms with Gasteiger partial charge in [0, 0.05) is 26.2 Å². The van der Waals surface area contributed by atoms with E-state index >= 15 is 0 Å². The van der Waals surface area contributed by atoms with Crippen LogP contribution in [0, 0.1) is 0 Å². The fourth-order valence-electron chi connectivity index (χ4n) is 2.98. The molecule has 1 heterocycles. The highest BCUT2D eigenvalue weighted by atomic mass is 16.5. The maximum Gasteiger partial charge on any atom is 0.257 e. The monoisotopic (exact) mass is 326 g/mol. The largest absolute Gasteiger partial charge is 0.506 e. The van der Waals surface area contributed by atoms with Crippen LogP contribution in [-0.4, -0.2) is 48.7 Å². The molecule has 1 N–H and O–H groups in total. The molecule has 0 radical (unpaired) electrons. The smallest absolute Gasteiger partial charge is 0.257 e. The summed E-state index contributed by atoms with van der Waals surface area (Å²) in [6.45, 7) is 5.07. The van der Waals surface area contributed by atoms with Gasteiger partial charge in [-0.1, -0.05) is 24.3 Å². The van der Waals surface area contributed by atoms with Crippen molar-refractivity contribution in [2.75, 3.05) is 37.7 Å². The predicted octanol–water partition coefficient (Wildman–Crippen LogP) is 2.75. The van der Waals surface area contributed by atoms with Crippen LogP contribution in [-0.2, 0) is 0 Å². The first-order valence-electron chi connectivity index (χ1n) is 8.24. The maximum absolute atomic E-state index is 12.8. The van der Waals surface area contributed by atoms with Crippen molar-refractivity contribution in [2.45, 2.75) is 6.92 Å². The van der Waals surface area contributed by atoms with Crippen LogP contribution in [0.1, 0.15) is 17.3 Å². The lowest BCUT2D eigenvalue weighted by atomic mass is 10.1. The van der Waals surface area contributed by atoms with Gasteiger partial charge < -0.3 is 19.6 Å². The highest BCUT2D eigenvalue weighted by Crippen LogP contribution is 2.28. The summed E-state index contributed by atoms with van der Waals surface area (Å²) in [6, 6.07) is 14.7. The van der Waals surface area contributed by atoms with Gasteiger partial charge in [-0.2, -0.15) is 0 Å². The van der Waals surface area contributed by atoms with Crippen LogP contribution in [0.4, 0.5) is 5.69 Å². The van der Waals surface area contributed by atoms with Gasteiger partial charge in [-0.3, -0.25) is 4.79 Å². The van der Waals surface area contributed by atoms with Gasteiger partial charge >= 0.3 is 0 Å². The summed E-state index contributed by atoms with van der Waals surface area (Å²) in [5.41, 5.74) is 1.43. The van der Waals surface area contributed by atoms with E-state index in [-0.39, 0.29) is 11.7 Å². The number of phenols is 1. The molecule has 0 aliphatic carbocycles. The predicted molar refractivity (Wildman–Crippen MR) is 93.8 cm³/mol. The minimum atomic E-state index is -0.00372. The molecule has 0 saturated carbocycles. The van der Waals surface area contributed by atoms with Gasteiger partial charge in [-0.05, 0) is 31.2 Å². The molecule has 0 bridgehead atoms. The van der Waals surface area contributed by atoms with Crippen molar-refractivity contribution in [2.24, 2.45) is 0 Å². The zero-order valence-electron chi connectivity index (χ0n) is 13.8. The van der Waals surface area contributed by atoms with Gasteiger partial charge in [0.05, 0.1) is 17.9 Å². The summed E-state index contributed by atoms with van der Waals surface area (Å²) in [5.74, 6) is 0.906. The van der Waals surface area contributed by atoms with Crippen LogP contribution < -0.4 is 9.64 Å². The minimum absolute atomic E-state index is 0.00372. The first-order valence-corrected chi connectivity index (χ1v) is 8.24. The van der Waals surface area contributed by atoms with Crippen molar-refractivity contribution in [3.8, 4) is 11.5 Å². The maximum atomic E-state index is 12.8. The zero-order chi connectivity index (χ0) is 16.9. The van der Waals surface area contributed by atoms with Crippen LogP contribution in [0.3, 0.4) is 0 Å². The van der Waals surface area contributed by atoms with Crippen molar-refractivity contribution in [1.82, 2.24) is 4.90 Å². The van der Waals surface area contributed by atoms with Gasteiger partial charge in [0.2, 0.25) is 0 Å². The van der Waals surface area contributed by atoms with E-state index in [2.05, 4.69) is 4.90 Å². The van der Waals surface area contributed by atoms with E-state index in [1.54, 1.807) is 6.07 Å². The lowest BCUT2D eigenvalue weighted by Crippen LogP contribution is -2.48. The number of piperazine rings is 1. The van der Waals surface area contributed by atoms with Crippen LogP contribution in [0.15, 0.2) is 48.5 Å². The second-order valence-corrected chi connectivity index (χ2v) is 5.70. The zero-order valence-corrected chi connectivity index (χ0v) is 13.8. The van der Waals surface area contributed by atoms with E-state index in [4.69, 9.17) is 4.74 Å². The molecule has 1 saturated heterocycles. The molecule has 2 aromatic rings. The van der Waals surface area contributed by atoms with Gasteiger partial charge in [0.25, 0.3) is 5.91 Å². The molecule has 2 aromatic carbocycles.